The summed E-state index contributed by atoms with van der Waals surface area (Å²) in [7, 11) is 1.60. The number of aliphatic imine (C=N–C) groups is 1. The molecule has 2 aromatic carbocycles. The second kappa shape index (κ2) is 8.68. The molecule has 4 rings (SSSR count). The maximum atomic E-state index is 9.56. The summed E-state index contributed by atoms with van der Waals surface area (Å²) in [5, 5.41) is 26.0. The summed E-state index contributed by atoms with van der Waals surface area (Å²) in [6.45, 7) is 0.726. The number of nitrogens with one attached hydrogen (secondary N) is 2. The Kier molecular flexibility index (Phi) is 5.62. The summed E-state index contributed by atoms with van der Waals surface area (Å²) in [6.07, 6.45) is 1.85. The number of ether oxygens (including phenoxy) is 2. The van der Waals surface area contributed by atoms with Crippen molar-refractivity contribution in [2.45, 2.75) is 6.04 Å². The molecule has 1 aliphatic rings. The van der Waals surface area contributed by atoms with Crippen LogP contribution in [-0.4, -0.2) is 31.3 Å². The van der Waals surface area contributed by atoms with E-state index >= 15 is 0 Å². The molecule has 1 atom stereocenters. The number of hydrogen-bond donors (Lipinski definition) is 4. The molecule has 0 bridgehead atoms. The minimum atomic E-state index is -0.717. The third-order valence-corrected chi connectivity index (χ3v) is 5.11. The van der Waals surface area contributed by atoms with Gasteiger partial charge in [-0.15, -0.1) is 0 Å². The molecule has 0 aliphatic carbocycles. The van der Waals surface area contributed by atoms with Gasteiger partial charge in [0.05, 0.1) is 12.3 Å². The first-order valence-corrected chi connectivity index (χ1v) is 9.71. The molecule has 0 radical (unpaired) electrons. The van der Waals surface area contributed by atoms with Crippen LogP contribution < -0.4 is 26.8 Å². The predicted octanol–water partition coefficient (Wildman–Crippen LogP) is 2.24. The van der Waals surface area contributed by atoms with Gasteiger partial charge in [-0.05, 0) is 16.8 Å². The van der Waals surface area contributed by atoms with E-state index in [4.69, 9.17) is 26.2 Å². The number of nitrogens with zero attached hydrogens (tertiary/aromatic N) is 4. The zero-order chi connectivity index (χ0) is 22.7. The molecule has 6 N–H and O–H groups in total. The van der Waals surface area contributed by atoms with Crippen molar-refractivity contribution in [2.24, 2.45) is 4.99 Å². The van der Waals surface area contributed by atoms with E-state index in [0.717, 1.165) is 16.3 Å². The van der Waals surface area contributed by atoms with Gasteiger partial charge in [-0.25, -0.2) is 9.98 Å². The molecule has 32 heavy (non-hydrogen) atoms. The van der Waals surface area contributed by atoms with Gasteiger partial charge < -0.3 is 26.3 Å². The molecule has 0 fully saturated rings. The number of benzene rings is 2. The van der Waals surface area contributed by atoms with Gasteiger partial charge >= 0.3 is 0 Å². The summed E-state index contributed by atoms with van der Waals surface area (Å²) >= 11 is 0. The van der Waals surface area contributed by atoms with Crippen molar-refractivity contribution < 1.29 is 9.47 Å². The Morgan fingerprint density at radius 2 is 1.94 bits per heavy atom. The lowest BCUT2D eigenvalue weighted by Crippen LogP contribution is -2.33. The normalized spacial score (nSPS) is 14.5. The van der Waals surface area contributed by atoms with Crippen LogP contribution in [0.15, 0.2) is 41.4 Å². The fourth-order valence-corrected chi connectivity index (χ4v) is 3.71. The molecule has 1 aliphatic heterocycles. The van der Waals surface area contributed by atoms with Gasteiger partial charge in [0.15, 0.2) is 6.19 Å². The third-order valence-electron chi connectivity index (χ3n) is 5.11. The van der Waals surface area contributed by atoms with Crippen LogP contribution in [0.1, 0.15) is 22.7 Å². The monoisotopic (exact) mass is 428 g/mol. The number of aromatic nitrogens is 1. The molecule has 0 amide bonds. The third kappa shape index (κ3) is 3.55. The van der Waals surface area contributed by atoms with E-state index in [1.807, 2.05) is 48.7 Å². The quantitative estimate of drug-likeness (QED) is 0.270. The van der Waals surface area contributed by atoms with Crippen molar-refractivity contribution in [3.8, 4) is 18.0 Å². The Bertz CT molecular complexity index is 1310. The van der Waals surface area contributed by atoms with Crippen LogP contribution in [-0.2, 0) is 4.74 Å². The second-order valence-electron chi connectivity index (χ2n) is 6.94. The van der Waals surface area contributed by atoms with Crippen LogP contribution in [0.5, 0.6) is 5.75 Å². The summed E-state index contributed by atoms with van der Waals surface area (Å²) in [5.74, 6) is 1.06. The topological polar surface area (TPSA) is 167 Å². The minimum absolute atomic E-state index is 0.0114. The van der Waals surface area contributed by atoms with Crippen molar-refractivity contribution in [2.75, 3.05) is 37.1 Å². The predicted molar refractivity (Wildman–Crippen MR) is 121 cm³/mol. The first kappa shape index (κ1) is 20.7. The van der Waals surface area contributed by atoms with Gasteiger partial charge in [0, 0.05) is 18.2 Å². The van der Waals surface area contributed by atoms with Gasteiger partial charge in [0.2, 0.25) is 5.96 Å². The molecule has 10 heteroatoms. The Hall–Kier alpha value is -4.54. The first-order chi connectivity index (χ1) is 15.6. The zero-order valence-electron chi connectivity index (χ0n) is 17.2. The smallest absolute Gasteiger partial charge is 0.211 e. The highest BCUT2D eigenvalue weighted by atomic mass is 16.5. The van der Waals surface area contributed by atoms with E-state index in [1.54, 1.807) is 7.11 Å². The van der Waals surface area contributed by atoms with Gasteiger partial charge in [-0.3, -0.25) is 5.32 Å². The van der Waals surface area contributed by atoms with E-state index in [1.165, 1.54) is 0 Å². The number of hydrogen-bond acceptors (Lipinski definition) is 10. The Labute approximate surface area is 184 Å². The van der Waals surface area contributed by atoms with Gasteiger partial charge in [0.25, 0.3) is 0 Å². The highest BCUT2D eigenvalue weighted by Gasteiger charge is 2.32. The lowest BCUT2D eigenvalue weighted by molar-refractivity contribution is 0.145. The summed E-state index contributed by atoms with van der Waals surface area (Å²) in [6, 6.07) is 12.9. The maximum absolute atomic E-state index is 9.56. The number of pyridine rings is 1. The van der Waals surface area contributed by atoms with E-state index < -0.39 is 6.04 Å². The summed E-state index contributed by atoms with van der Waals surface area (Å²) < 4.78 is 11.1. The molecule has 1 aromatic heterocycles. The lowest BCUT2D eigenvalue weighted by atomic mass is 9.90. The number of rotatable bonds is 5. The summed E-state index contributed by atoms with van der Waals surface area (Å²) in [4.78, 5) is 8.99. The standard InChI is InChI=1S/C22H20N8O2/c1-31-8-9-32-15-7-6-12-4-2-3-5-13(12)16(15)19-17-18(25)14(10-23)20(26)29-21(17)30-22(28-19)27-11-24/h2-7,19H,8-9H2,1H3,(H6,25,26,27,28,29,30). The molecule has 0 saturated heterocycles. The van der Waals surface area contributed by atoms with Crippen LogP contribution in [0.25, 0.3) is 10.8 Å². The average molecular weight is 428 g/mol. The molecular weight excluding hydrogens is 408 g/mol. The zero-order valence-corrected chi connectivity index (χ0v) is 17.2. The van der Waals surface area contributed by atoms with Crippen LogP contribution in [0.3, 0.4) is 0 Å². The van der Waals surface area contributed by atoms with Crippen molar-refractivity contribution in [3.05, 3.63) is 53.1 Å². The molecule has 2 heterocycles. The average Bonchev–Trinajstić information content (AvgIpc) is 2.79. The van der Waals surface area contributed by atoms with Crippen molar-refractivity contribution >= 4 is 34.1 Å². The first-order valence-electron chi connectivity index (χ1n) is 9.71. The molecule has 0 saturated carbocycles. The Morgan fingerprint density at radius 3 is 2.69 bits per heavy atom. The van der Waals surface area contributed by atoms with E-state index in [2.05, 4.69) is 20.6 Å². The molecule has 0 spiro atoms. The van der Waals surface area contributed by atoms with Crippen LogP contribution >= 0.6 is 0 Å². The SMILES string of the molecule is COCCOc1ccc2ccccc2c1C1N=C(NC#N)Nc2nc(N)c(C#N)c(N)c21. The van der Waals surface area contributed by atoms with Gasteiger partial charge in [-0.1, -0.05) is 30.3 Å². The minimum Gasteiger partial charge on any atom is -0.491 e. The fourth-order valence-electron chi connectivity index (χ4n) is 3.71. The molecule has 3 aromatic rings. The number of nitriles is 2. The maximum Gasteiger partial charge on any atom is 0.211 e. The van der Waals surface area contributed by atoms with E-state index in [0.29, 0.717) is 30.3 Å². The number of methoxy groups -OCH3 is 1. The Morgan fingerprint density at radius 1 is 1.12 bits per heavy atom. The number of nitrogens with two attached hydrogens (primary N) is 2. The van der Waals surface area contributed by atoms with Gasteiger partial charge in [-0.2, -0.15) is 10.5 Å². The van der Waals surface area contributed by atoms with Crippen LogP contribution in [0.4, 0.5) is 17.3 Å². The lowest BCUT2D eigenvalue weighted by Gasteiger charge is -2.28. The van der Waals surface area contributed by atoms with E-state index in [9.17, 15) is 5.26 Å². The van der Waals surface area contributed by atoms with Crippen LogP contribution in [0, 0.1) is 22.8 Å². The second-order valence-corrected chi connectivity index (χ2v) is 6.94. The van der Waals surface area contributed by atoms with E-state index in [-0.39, 0.29) is 23.0 Å². The Balaban J connectivity index is 2.01. The van der Waals surface area contributed by atoms with Crippen molar-refractivity contribution in [1.29, 1.82) is 10.5 Å². The molecule has 10 nitrogen and oxygen atoms in total. The molecule has 1 unspecified atom stereocenters. The number of nitrogen functional groups attached to an aromatic ring is 2. The van der Waals surface area contributed by atoms with Crippen molar-refractivity contribution in [3.63, 3.8) is 0 Å². The highest BCUT2D eigenvalue weighted by Crippen LogP contribution is 2.45. The van der Waals surface area contributed by atoms with Crippen molar-refractivity contribution in [1.82, 2.24) is 10.3 Å². The molecular formula is C22H20N8O2. The largest absolute Gasteiger partial charge is 0.491 e. The number of guanidine groups is 1. The fraction of sp³-hybridized carbons (Fsp3) is 0.182. The summed E-state index contributed by atoms with van der Waals surface area (Å²) in [5.41, 5.74) is 13.8. The molecule has 160 valence electrons. The van der Waals surface area contributed by atoms with Crippen LogP contribution in [0.2, 0.25) is 0 Å². The highest BCUT2D eigenvalue weighted by molar-refractivity contribution is 6.00. The number of fused-ring (bicyclic) bond motifs is 2. The van der Waals surface area contributed by atoms with Gasteiger partial charge in [0.1, 0.15) is 41.7 Å². The number of anilines is 3.